The summed E-state index contributed by atoms with van der Waals surface area (Å²) in [7, 11) is 0. The Kier molecular flexibility index (Phi) is 4.34. The number of rotatable bonds is 4. The lowest BCUT2D eigenvalue weighted by Gasteiger charge is -2.22. The second-order valence-corrected chi connectivity index (χ2v) is 5.45. The molecule has 2 aromatic rings. The van der Waals surface area contributed by atoms with Gasteiger partial charge in [0.2, 0.25) is 0 Å². The van der Waals surface area contributed by atoms with Crippen LogP contribution >= 0.6 is 0 Å². The van der Waals surface area contributed by atoms with Crippen molar-refractivity contribution >= 4 is 0 Å². The lowest BCUT2D eigenvalue weighted by atomic mass is 9.96. The average molecular weight is 267 g/mol. The molecule has 0 bridgehead atoms. The molecule has 2 nitrogen and oxygen atoms in total. The van der Waals surface area contributed by atoms with Gasteiger partial charge in [-0.1, -0.05) is 61.7 Å². The first-order valence-corrected chi connectivity index (χ1v) is 7.50. The van der Waals surface area contributed by atoms with E-state index >= 15 is 0 Å². The normalized spacial score (nSPS) is 16.0. The molecule has 0 atom stereocenters. The highest BCUT2D eigenvalue weighted by Crippen LogP contribution is 2.24. The van der Waals surface area contributed by atoms with Crippen LogP contribution in [-0.2, 0) is 0 Å². The molecular formula is C18H21NO. The molecule has 1 aliphatic carbocycles. The SMILES string of the molecule is c1ccc(-c2cccc(ONC3CCCCC3)c2)cc1. The van der Waals surface area contributed by atoms with Crippen molar-refractivity contribution in [3.8, 4) is 16.9 Å². The van der Waals surface area contributed by atoms with E-state index in [1.165, 1.54) is 43.2 Å². The maximum absolute atomic E-state index is 5.76. The van der Waals surface area contributed by atoms with Gasteiger partial charge in [0.15, 0.2) is 0 Å². The van der Waals surface area contributed by atoms with E-state index < -0.39 is 0 Å². The summed E-state index contributed by atoms with van der Waals surface area (Å²) in [4.78, 5) is 5.76. The summed E-state index contributed by atoms with van der Waals surface area (Å²) in [6.45, 7) is 0. The van der Waals surface area contributed by atoms with Crippen LogP contribution in [0, 0.1) is 0 Å². The van der Waals surface area contributed by atoms with Gasteiger partial charge in [0.25, 0.3) is 0 Å². The first kappa shape index (κ1) is 13.2. The second-order valence-electron chi connectivity index (χ2n) is 5.45. The molecule has 1 aliphatic rings. The van der Waals surface area contributed by atoms with E-state index in [4.69, 9.17) is 4.84 Å². The fraction of sp³-hybridized carbons (Fsp3) is 0.333. The summed E-state index contributed by atoms with van der Waals surface area (Å²) in [5.41, 5.74) is 5.62. The maximum Gasteiger partial charge on any atom is 0.147 e. The van der Waals surface area contributed by atoms with Crippen LogP contribution in [0.4, 0.5) is 0 Å². The van der Waals surface area contributed by atoms with Crippen molar-refractivity contribution in [2.45, 2.75) is 38.1 Å². The van der Waals surface area contributed by atoms with Crippen LogP contribution in [0.2, 0.25) is 0 Å². The van der Waals surface area contributed by atoms with Crippen LogP contribution < -0.4 is 10.3 Å². The van der Waals surface area contributed by atoms with Crippen LogP contribution in [0.25, 0.3) is 11.1 Å². The van der Waals surface area contributed by atoms with Crippen molar-refractivity contribution in [2.75, 3.05) is 0 Å². The van der Waals surface area contributed by atoms with Crippen molar-refractivity contribution in [1.29, 1.82) is 0 Å². The Morgan fingerprint density at radius 3 is 2.35 bits per heavy atom. The molecule has 3 rings (SSSR count). The maximum atomic E-state index is 5.76. The van der Waals surface area contributed by atoms with Gasteiger partial charge in [-0.25, -0.2) is 0 Å². The van der Waals surface area contributed by atoms with E-state index in [9.17, 15) is 0 Å². The highest BCUT2D eigenvalue weighted by atomic mass is 16.6. The summed E-state index contributed by atoms with van der Waals surface area (Å²) in [5.74, 6) is 0.886. The predicted octanol–water partition coefficient (Wildman–Crippen LogP) is 4.57. The first-order valence-electron chi connectivity index (χ1n) is 7.50. The molecular weight excluding hydrogens is 246 g/mol. The van der Waals surface area contributed by atoms with Crippen LogP contribution in [0.3, 0.4) is 0 Å². The number of hydrogen-bond donors (Lipinski definition) is 1. The van der Waals surface area contributed by atoms with Crippen molar-refractivity contribution in [3.05, 3.63) is 54.6 Å². The van der Waals surface area contributed by atoms with Crippen molar-refractivity contribution < 1.29 is 4.84 Å². The van der Waals surface area contributed by atoms with E-state index in [-0.39, 0.29) is 0 Å². The van der Waals surface area contributed by atoms with Gasteiger partial charge in [0.05, 0.1) is 0 Å². The second kappa shape index (κ2) is 6.58. The lowest BCUT2D eigenvalue weighted by molar-refractivity contribution is 0.133. The summed E-state index contributed by atoms with van der Waals surface area (Å²) >= 11 is 0. The van der Waals surface area contributed by atoms with E-state index in [1.807, 2.05) is 18.2 Å². The van der Waals surface area contributed by atoms with Gasteiger partial charge in [-0.2, -0.15) is 5.48 Å². The van der Waals surface area contributed by atoms with Crippen LogP contribution in [0.1, 0.15) is 32.1 Å². The monoisotopic (exact) mass is 267 g/mol. The Morgan fingerprint density at radius 1 is 0.800 bits per heavy atom. The van der Waals surface area contributed by atoms with Gasteiger partial charge >= 0.3 is 0 Å². The van der Waals surface area contributed by atoms with Gasteiger partial charge in [0, 0.05) is 6.04 Å². The molecule has 0 aromatic heterocycles. The minimum Gasteiger partial charge on any atom is -0.408 e. The fourth-order valence-electron chi connectivity index (χ4n) is 2.74. The van der Waals surface area contributed by atoms with E-state index in [0.29, 0.717) is 6.04 Å². The third-order valence-corrected chi connectivity index (χ3v) is 3.89. The minimum atomic E-state index is 0.504. The van der Waals surface area contributed by atoms with Gasteiger partial charge in [-0.15, -0.1) is 0 Å². The standard InChI is InChI=1S/C18H21NO/c1-3-8-15(9-4-1)16-10-7-13-18(14-16)20-19-17-11-5-2-6-12-17/h1,3-4,7-10,13-14,17,19H,2,5-6,11-12H2. The molecule has 0 saturated heterocycles. The largest absolute Gasteiger partial charge is 0.408 e. The molecule has 1 fully saturated rings. The van der Waals surface area contributed by atoms with Crippen LogP contribution in [-0.4, -0.2) is 6.04 Å². The van der Waals surface area contributed by atoms with Gasteiger partial charge in [0.1, 0.15) is 5.75 Å². The Bertz CT molecular complexity index is 532. The first-order chi connectivity index (χ1) is 9.92. The van der Waals surface area contributed by atoms with Crippen LogP contribution in [0.15, 0.2) is 54.6 Å². The number of hydroxylamine groups is 1. The van der Waals surface area contributed by atoms with E-state index in [1.54, 1.807) is 0 Å². The summed E-state index contributed by atoms with van der Waals surface area (Å²) < 4.78 is 0. The van der Waals surface area contributed by atoms with Gasteiger partial charge in [-0.3, -0.25) is 0 Å². The zero-order valence-electron chi connectivity index (χ0n) is 11.7. The Labute approximate surface area is 120 Å². The molecule has 0 heterocycles. The van der Waals surface area contributed by atoms with Crippen molar-refractivity contribution in [3.63, 3.8) is 0 Å². The number of hydrogen-bond acceptors (Lipinski definition) is 2. The van der Waals surface area contributed by atoms with Crippen molar-refractivity contribution in [1.82, 2.24) is 5.48 Å². The summed E-state index contributed by atoms with van der Waals surface area (Å²) in [6, 6.07) is 19.1. The van der Waals surface area contributed by atoms with Crippen molar-refractivity contribution in [2.24, 2.45) is 0 Å². The summed E-state index contributed by atoms with van der Waals surface area (Å²) in [5, 5.41) is 0. The zero-order chi connectivity index (χ0) is 13.6. The average Bonchev–Trinajstić information content (AvgIpc) is 2.55. The highest BCUT2D eigenvalue weighted by Gasteiger charge is 2.13. The topological polar surface area (TPSA) is 21.3 Å². The van der Waals surface area contributed by atoms with E-state index in [0.717, 1.165) is 5.75 Å². The number of benzene rings is 2. The Hall–Kier alpha value is -1.80. The van der Waals surface area contributed by atoms with Gasteiger partial charge in [-0.05, 0) is 36.1 Å². The molecule has 20 heavy (non-hydrogen) atoms. The van der Waals surface area contributed by atoms with Gasteiger partial charge < -0.3 is 4.84 Å². The smallest absolute Gasteiger partial charge is 0.147 e. The molecule has 0 aliphatic heterocycles. The quantitative estimate of drug-likeness (QED) is 0.819. The molecule has 1 saturated carbocycles. The summed E-state index contributed by atoms with van der Waals surface area (Å²) in [6.07, 6.45) is 6.43. The van der Waals surface area contributed by atoms with E-state index in [2.05, 4.69) is 41.9 Å². The molecule has 0 unspecified atom stereocenters. The molecule has 0 amide bonds. The molecule has 0 spiro atoms. The van der Waals surface area contributed by atoms with Crippen LogP contribution in [0.5, 0.6) is 5.75 Å². The minimum absolute atomic E-state index is 0.504. The number of nitrogens with one attached hydrogen (secondary N) is 1. The Balaban J connectivity index is 1.65. The third-order valence-electron chi connectivity index (χ3n) is 3.89. The zero-order valence-corrected chi connectivity index (χ0v) is 11.7. The lowest BCUT2D eigenvalue weighted by Crippen LogP contribution is -2.33. The molecule has 2 heteroatoms. The Morgan fingerprint density at radius 2 is 1.55 bits per heavy atom. The fourth-order valence-corrected chi connectivity index (χ4v) is 2.74. The molecule has 1 N–H and O–H groups in total. The highest BCUT2D eigenvalue weighted by molar-refractivity contribution is 5.64. The molecule has 0 radical (unpaired) electrons. The molecule has 2 aromatic carbocycles. The predicted molar refractivity (Wildman–Crippen MR) is 82.5 cm³/mol. The third kappa shape index (κ3) is 3.40. The molecule has 104 valence electrons.